The van der Waals surface area contributed by atoms with Crippen LogP contribution in [-0.4, -0.2) is 11.1 Å². The van der Waals surface area contributed by atoms with E-state index in [2.05, 4.69) is 0 Å². The lowest BCUT2D eigenvalue weighted by atomic mass is 10.2. The summed E-state index contributed by atoms with van der Waals surface area (Å²) >= 11 is 0. The Bertz CT molecular complexity index is 579. The van der Waals surface area contributed by atoms with Crippen LogP contribution >= 0.6 is 0 Å². The number of carbonyl (C=O) groups is 1. The smallest absolute Gasteiger partial charge is 0.335 e. The molecule has 0 radical (unpaired) electrons. The third kappa shape index (κ3) is 2.52. The van der Waals surface area contributed by atoms with Crippen molar-refractivity contribution in [3.05, 3.63) is 48.0 Å². The molecule has 0 bridgehead atoms. The van der Waals surface area contributed by atoms with Gasteiger partial charge in [-0.25, -0.2) is 4.79 Å². The van der Waals surface area contributed by atoms with Crippen molar-refractivity contribution in [2.75, 3.05) is 11.5 Å². The quantitative estimate of drug-likeness (QED) is 0.720. The SMILES string of the molecule is Nc1ccc(Oc2ccc(C(=O)O)cc2)c(N)c1. The van der Waals surface area contributed by atoms with Crippen molar-refractivity contribution in [3.8, 4) is 11.5 Å². The molecule has 5 nitrogen and oxygen atoms in total. The van der Waals surface area contributed by atoms with E-state index in [4.69, 9.17) is 21.3 Å². The number of nitrogen functional groups attached to an aromatic ring is 2. The summed E-state index contributed by atoms with van der Waals surface area (Å²) in [5.41, 5.74) is 12.5. The van der Waals surface area contributed by atoms with E-state index in [0.717, 1.165) is 0 Å². The van der Waals surface area contributed by atoms with Gasteiger partial charge < -0.3 is 21.3 Å². The summed E-state index contributed by atoms with van der Waals surface area (Å²) in [5.74, 6) is 0.0114. The predicted octanol–water partition coefficient (Wildman–Crippen LogP) is 2.34. The Balaban J connectivity index is 2.21. The highest BCUT2D eigenvalue weighted by atomic mass is 16.5. The van der Waals surface area contributed by atoms with Crippen molar-refractivity contribution in [1.29, 1.82) is 0 Å². The molecular formula is C13H12N2O3. The largest absolute Gasteiger partial charge is 0.478 e. The molecule has 92 valence electrons. The van der Waals surface area contributed by atoms with E-state index in [1.165, 1.54) is 12.1 Å². The zero-order valence-corrected chi connectivity index (χ0v) is 9.46. The lowest BCUT2D eigenvalue weighted by molar-refractivity contribution is 0.0697. The zero-order valence-electron chi connectivity index (χ0n) is 9.46. The summed E-state index contributed by atoms with van der Waals surface area (Å²) in [6.07, 6.45) is 0. The van der Waals surface area contributed by atoms with Crippen molar-refractivity contribution < 1.29 is 14.6 Å². The van der Waals surface area contributed by atoms with Gasteiger partial charge in [-0.3, -0.25) is 0 Å². The van der Waals surface area contributed by atoms with Crippen LogP contribution in [0.1, 0.15) is 10.4 Å². The van der Waals surface area contributed by atoms with Crippen LogP contribution in [0.15, 0.2) is 42.5 Å². The van der Waals surface area contributed by atoms with E-state index in [9.17, 15) is 4.79 Å². The summed E-state index contributed by atoms with van der Waals surface area (Å²) in [4.78, 5) is 10.7. The third-order valence-electron chi connectivity index (χ3n) is 2.36. The maximum atomic E-state index is 10.7. The minimum Gasteiger partial charge on any atom is -0.478 e. The number of benzene rings is 2. The average Bonchev–Trinajstić information content (AvgIpc) is 2.33. The second-order valence-electron chi connectivity index (χ2n) is 3.73. The Hall–Kier alpha value is -2.69. The zero-order chi connectivity index (χ0) is 13.1. The minimum absolute atomic E-state index is 0.202. The van der Waals surface area contributed by atoms with Gasteiger partial charge in [-0.1, -0.05) is 0 Å². The Labute approximate surface area is 104 Å². The van der Waals surface area contributed by atoms with Gasteiger partial charge in [0, 0.05) is 5.69 Å². The van der Waals surface area contributed by atoms with Crippen molar-refractivity contribution >= 4 is 17.3 Å². The van der Waals surface area contributed by atoms with Crippen LogP contribution in [0.25, 0.3) is 0 Å². The molecule has 18 heavy (non-hydrogen) atoms. The van der Waals surface area contributed by atoms with Gasteiger partial charge in [0.1, 0.15) is 11.5 Å². The first kappa shape index (κ1) is 11.8. The lowest BCUT2D eigenvalue weighted by Crippen LogP contribution is -1.96. The lowest BCUT2D eigenvalue weighted by Gasteiger charge is -2.09. The Morgan fingerprint density at radius 1 is 1.06 bits per heavy atom. The summed E-state index contributed by atoms with van der Waals surface area (Å²) < 4.78 is 5.53. The number of ether oxygens (including phenoxy) is 1. The molecule has 0 unspecified atom stereocenters. The fourth-order valence-corrected chi connectivity index (χ4v) is 1.45. The van der Waals surface area contributed by atoms with Gasteiger partial charge in [0.2, 0.25) is 0 Å². The van der Waals surface area contributed by atoms with Gasteiger partial charge >= 0.3 is 5.97 Å². The van der Waals surface area contributed by atoms with Crippen molar-refractivity contribution in [1.82, 2.24) is 0 Å². The summed E-state index contributed by atoms with van der Waals surface area (Å²) in [5, 5.41) is 8.77. The molecular weight excluding hydrogens is 232 g/mol. The number of aromatic carboxylic acids is 1. The molecule has 0 fully saturated rings. The molecule has 2 rings (SSSR count). The number of hydrogen-bond donors (Lipinski definition) is 3. The van der Waals surface area contributed by atoms with Crippen LogP contribution in [0.3, 0.4) is 0 Å². The van der Waals surface area contributed by atoms with E-state index >= 15 is 0 Å². The summed E-state index contributed by atoms with van der Waals surface area (Å²) in [6, 6.07) is 11.0. The molecule has 2 aromatic rings. The standard InChI is InChI=1S/C13H12N2O3/c14-9-3-6-12(11(15)7-9)18-10-4-1-8(2-5-10)13(16)17/h1-7H,14-15H2,(H,16,17). The first-order chi connectivity index (χ1) is 8.56. The maximum Gasteiger partial charge on any atom is 0.335 e. The van der Waals surface area contributed by atoms with Gasteiger partial charge in [0.25, 0.3) is 0 Å². The van der Waals surface area contributed by atoms with Crippen LogP contribution in [0.4, 0.5) is 11.4 Å². The highest BCUT2D eigenvalue weighted by Crippen LogP contribution is 2.28. The minimum atomic E-state index is -0.978. The van der Waals surface area contributed by atoms with Gasteiger partial charge in [0.15, 0.2) is 0 Å². The normalized spacial score (nSPS) is 10.0. The fourth-order valence-electron chi connectivity index (χ4n) is 1.45. The fraction of sp³-hybridized carbons (Fsp3) is 0. The van der Waals surface area contributed by atoms with Crippen molar-refractivity contribution in [2.24, 2.45) is 0 Å². The van der Waals surface area contributed by atoms with E-state index in [-0.39, 0.29) is 5.56 Å². The van der Waals surface area contributed by atoms with Crippen molar-refractivity contribution in [3.63, 3.8) is 0 Å². The van der Waals surface area contributed by atoms with Crippen LogP contribution in [-0.2, 0) is 0 Å². The Morgan fingerprint density at radius 3 is 2.28 bits per heavy atom. The molecule has 0 saturated carbocycles. The monoisotopic (exact) mass is 244 g/mol. The molecule has 0 amide bonds. The molecule has 2 aromatic carbocycles. The van der Waals surface area contributed by atoms with E-state index in [1.54, 1.807) is 30.3 Å². The molecule has 0 atom stereocenters. The number of anilines is 2. The number of carboxylic acid groups (broad SMARTS) is 1. The van der Waals surface area contributed by atoms with Gasteiger partial charge in [-0.15, -0.1) is 0 Å². The van der Waals surface area contributed by atoms with Gasteiger partial charge in [0.05, 0.1) is 11.3 Å². The molecule has 0 aromatic heterocycles. The van der Waals surface area contributed by atoms with Crippen LogP contribution in [0.5, 0.6) is 11.5 Å². The van der Waals surface area contributed by atoms with E-state index in [1.807, 2.05) is 0 Å². The molecule has 0 spiro atoms. The Morgan fingerprint density at radius 2 is 1.72 bits per heavy atom. The highest BCUT2D eigenvalue weighted by Gasteiger charge is 2.05. The topological polar surface area (TPSA) is 98.6 Å². The number of rotatable bonds is 3. The molecule has 0 aliphatic carbocycles. The molecule has 0 heterocycles. The second-order valence-corrected chi connectivity index (χ2v) is 3.73. The second kappa shape index (κ2) is 4.67. The molecule has 5 heteroatoms. The number of carboxylic acids is 1. The van der Waals surface area contributed by atoms with E-state index < -0.39 is 5.97 Å². The number of nitrogens with two attached hydrogens (primary N) is 2. The van der Waals surface area contributed by atoms with Crippen LogP contribution in [0.2, 0.25) is 0 Å². The molecule has 0 saturated heterocycles. The average molecular weight is 244 g/mol. The molecule has 0 aliphatic heterocycles. The van der Waals surface area contributed by atoms with Crippen molar-refractivity contribution in [2.45, 2.75) is 0 Å². The van der Waals surface area contributed by atoms with Crippen LogP contribution in [0, 0.1) is 0 Å². The third-order valence-corrected chi connectivity index (χ3v) is 2.36. The van der Waals surface area contributed by atoms with Crippen LogP contribution < -0.4 is 16.2 Å². The number of hydrogen-bond acceptors (Lipinski definition) is 4. The first-order valence-electron chi connectivity index (χ1n) is 5.22. The molecule has 5 N–H and O–H groups in total. The van der Waals surface area contributed by atoms with E-state index in [0.29, 0.717) is 22.9 Å². The Kier molecular flexibility index (Phi) is 3.05. The van der Waals surface area contributed by atoms with Gasteiger partial charge in [-0.2, -0.15) is 0 Å². The predicted molar refractivity (Wildman–Crippen MR) is 68.7 cm³/mol. The maximum absolute atomic E-state index is 10.7. The summed E-state index contributed by atoms with van der Waals surface area (Å²) in [7, 11) is 0. The van der Waals surface area contributed by atoms with Gasteiger partial charge in [-0.05, 0) is 42.5 Å². The highest BCUT2D eigenvalue weighted by molar-refractivity contribution is 5.87. The molecule has 0 aliphatic rings. The first-order valence-corrected chi connectivity index (χ1v) is 5.22. The summed E-state index contributed by atoms with van der Waals surface area (Å²) in [6.45, 7) is 0.